The molecule has 1 N–H and O–H groups in total. The molecule has 0 aliphatic rings. The molecule has 0 amide bonds. The van der Waals surface area contributed by atoms with E-state index < -0.39 is 10.0 Å². The van der Waals surface area contributed by atoms with Gasteiger partial charge in [-0.15, -0.1) is 11.3 Å². The van der Waals surface area contributed by atoms with Crippen molar-refractivity contribution in [3.8, 4) is 0 Å². The first-order valence-corrected chi connectivity index (χ1v) is 7.47. The van der Waals surface area contributed by atoms with Crippen LogP contribution in [0.15, 0.2) is 28.4 Å². The van der Waals surface area contributed by atoms with E-state index in [1.54, 1.807) is 12.5 Å². The summed E-state index contributed by atoms with van der Waals surface area (Å²) in [5.74, 6) is 0.312. The fourth-order valence-electron chi connectivity index (χ4n) is 1.32. The summed E-state index contributed by atoms with van der Waals surface area (Å²) < 4.78 is 27.8. The molecule has 0 aliphatic carbocycles. The van der Waals surface area contributed by atoms with Gasteiger partial charge in [0.2, 0.25) is 0 Å². The highest BCUT2D eigenvalue weighted by molar-refractivity contribution is 7.92. The zero-order chi connectivity index (χ0) is 12.3. The smallest absolute Gasteiger partial charge is 0.281 e. The summed E-state index contributed by atoms with van der Waals surface area (Å²) in [6.07, 6.45) is 4.23. The average molecular weight is 272 g/mol. The fraction of sp³-hybridized carbons (Fsp3) is 0.333. The number of hydrogen-bond donors (Lipinski definition) is 1. The molecule has 0 atom stereocenters. The molecule has 0 aromatic carbocycles. The lowest BCUT2D eigenvalue weighted by molar-refractivity contribution is 0.598. The number of aryl methyl sites for hydroxylation is 1. The average Bonchev–Trinajstić information content (AvgIpc) is 2.88. The van der Waals surface area contributed by atoms with Crippen LogP contribution in [0, 0.1) is 0 Å². The summed E-state index contributed by atoms with van der Waals surface area (Å²) in [4.78, 5) is 7.74. The SMILES string of the molecule is CCCn1cnc(NS(=O)(=O)c2cscn2)c1. The summed E-state index contributed by atoms with van der Waals surface area (Å²) in [6, 6.07) is 0. The molecule has 2 heterocycles. The van der Waals surface area contributed by atoms with Gasteiger partial charge in [0.1, 0.15) is 0 Å². The number of nitrogens with one attached hydrogen (secondary N) is 1. The topological polar surface area (TPSA) is 76.9 Å². The van der Waals surface area contributed by atoms with Gasteiger partial charge in [0.05, 0.1) is 11.8 Å². The molecule has 6 nitrogen and oxygen atoms in total. The van der Waals surface area contributed by atoms with Crippen molar-refractivity contribution in [1.29, 1.82) is 0 Å². The van der Waals surface area contributed by atoms with E-state index in [9.17, 15) is 8.42 Å². The predicted octanol–water partition coefficient (Wildman–Crippen LogP) is 1.55. The van der Waals surface area contributed by atoms with Crippen molar-refractivity contribution in [3.63, 3.8) is 0 Å². The van der Waals surface area contributed by atoms with E-state index in [1.807, 2.05) is 11.5 Å². The van der Waals surface area contributed by atoms with Gasteiger partial charge in [-0.3, -0.25) is 4.72 Å². The maximum atomic E-state index is 11.8. The first-order chi connectivity index (χ1) is 8.12. The van der Waals surface area contributed by atoms with Gasteiger partial charge in [-0.1, -0.05) is 6.92 Å². The van der Waals surface area contributed by atoms with Crippen molar-refractivity contribution in [1.82, 2.24) is 14.5 Å². The van der Waals surface area contributed by atoms with Crippen molar-refractivity contribution in [2.75, 3.05) is 4.72 Å². The van der Waals surface area contributed by atoms with Gasteiger partial charge >= 0.3 is 0 Å². The molecule has 92 valence electrons. The largest absolute Gasteiger partial charge is 0.335 e. The van der Waals surface area contributed by atoms with Crippen LogP contribution in [0.4, 0.5) is 5.82 Å². The Morgan fingerprint density at radius 2 is 2.29 bits per heavy atom. The van der Waals surface area contributed by atoms with Gasteiger partial charge in [-0.2, -0.15) is 8.42 Å². The summed E-state index contributed by atoms with van der Waals surface area (Å²) in [5.41, 5.74) is 1.48. The van der Waals surface area contributed by atoms with E-state index in [4.69, 9.17) is 0 Å². The van der Waals surface area contributed by atoms with E-state index in [-0.39, 0.29) is 5.03 Å². The van der Waals surface area contributed by atoms with Crippen molar-refractivity contribution < 1.29 is 8.42 Å². The number of thiazole rings is 1. The number of nitrogens with zero attached hydrogens (tertiary/aromatic N) is 3. The Bertz CT molecular complexity index is 574. The van der Waals surface area contributed by atoms with Crippen molar-refractivity contribution >= 4 is 27.2 Å². The number of anilines is 1. The summed E-state index contributed by atoms with van der Waals surface area (Å²) >= 11 is 1.23. The van der Waals surface area contributed by atoms with Crippen LogP contribution in [0.2, 0.25) is 0 Å². The van der Waals surface area contributed by atoms with Crippen LogP contribution in [0.3, 0.4) is 0 Å². The second-order valence-corrected chi connectivity index (χ2v) is 5.78. The molecular weight excluding hydrogens is 260 g/mol. The van der Waals surface area contributed by atoms with Gasteiger partial charge in [-0.05, 0) is 6.42 Å². The van der Waals surface area contributed by atoms with E-state index in [2.05, 4.69) is 14.7 Å². The number of aromatic nitrogens is 3. The van der Waals surface area contributed by atoms with Crippen molar-refractivity contribution in [2.24, 2.45) is 0 Å². The monoisotopic (exact) mass is 272 g/mol. The molecule has 2 rings (SSSR count). The fourth-order valence-corrected chi connectivity index (χ4v) is 3.15. The lowest BCUT2D eigenvalue weighted by Crippen LogP contribution is -2.13. The maximum Gasteiger partial charge on any atom is 0.281 e. The standard InChI is InChI=1S/C9H12N4O2S2/c1-2-3-13-4-8(10-6-13)12-17(14,15)9-5-16-7-11-9/h4-7,12H,2-3H2,1H3. The molecule has 0 bridgehead atoms. The second kappa shape index (κ2) is 4.84. The van der Waals surface area contributed by atoms with Gasteiger partial charge in [-0.25, -0.2) is 9.97 Å². The molecule has 0 unspecified atom stereocenters. The Morgan fingerprint density at radius 3 is 2.94 bits per heavy atom. The summed E-state index contributed by atoms with van der Waals surface area (Å²) in [5, 5.41) is 1.50. The number of rotatable bonds is 5. The number of sulfonamides is 1. The highest BCUT2D eigenvalue weighted by atomic mass is 32.2. The number of imidazole rings is 1. The van der Waals surface area contributed by atoms with Crippen LogP contribution < -0.4 is 4.72 Å². The minimum Gasteiger partial charge on any atom is -0.335 e. The predicted molar refractivity (Wildman–Crippen MR) is 65.4 cm³/mol. The van der Waals surface area contributed by atoms with E-state index >= 15 is 0 Å². The molecule has 2 aromatic rings. The van der Waals surface area contributed by atoms with E-state index in [1.165, 1.54) is 22.2 Å². The Hall–Kier alpha value is -1.41. The summed E-state index contributed by atoms with van der Waals surface area (Å²) in [7, 11) is -3.60. The molecule has 0 radical (unpaired) electrons. The quantitative estimate of drug-likeness (QED) is 0.896. The van der Waals surface area contributed by atoms with Crippen LogP contribution >= 0.6 is 11.3 Å². The molecule has 17 heavy (non-hydrogen) atoms. The van der Waals surface area contributed by atoms with E-state index in [0.717, 1.165) is 13.0 Å². The normalized spacial score (nSPS) is 11.6. The lowest BCUT2D eigenvalue weighted by Gasteiger charge is -2.01. The minimum absolute atomic E-state index is 0.0209. The molecule has 2 aromatic heterocycles. The maximum absolute atomic E-state index is 11.8. The Kier molecular flexibility index (Phi) is 3.43. The Morgan fingerprint density at radius 1 is 1.47 bits per heavy atom. The first-order valence-electron chi connectivity index (χ1n) is 5.04. The van der Waals surface area contributed by atoms with Crippen LogP contribution in [0.1, 0.15) is 13.3 Å². The molecule has 0 saturated heterocycles. The van der Waals surface area contributed by atoms with Crippen LogP contribution in [-0.4, -0.2) is 23.0 Å². The van der Waals surface area contributed by atoms with Gasteiger partial charge in [0.15, 0.2) is 10.8 Å². The Balaban J connectivity index is 2.15. The molecule has 0 fully saturated rings. The molecule has 0 spiro atoms. The third kappa shape index (κ3) is 2.83. The van der Waals surface area contributed by atoms with Gasteiger partial charge in [0, 0.05) is 18.1 Å². The Labute approximate surface area is 103 Å². The van der Waals surface area contributed by atoms with E-state index in [0.29, 0.717) is 5.82 Å². The van der Waals surface area contributed by atoms with Gasteiger partial charge < -0.3 is 4.57 Å². The molecule has 0 aliphatic heterocycles. The minimum atomic E-state index is -3.60. The van der Waals surface area contributed by atoms with Crippen LogP contribution in [0.5, 0.6) is 0 Å². The molecule has 8 heteroatoms. The van der Waals surface area contributed by atoms with Crippen LogP contribution in [0.25, 0.3) is 0 Å². The summed E-state index contributed by atoms with van der Waals surface area (Å²) in [6.45, 7) is 2.85. The lowest BCUT2D eigenvalue weighted by atomic mass is 10.5. The first kappa shape index (κ1) is 12.1. The molecule has 0 saturated carbocycles. The third-order valence-corrected chi connectivity index (χ3v) is 4.03. The highest BCUT2D eigenvalue weighted by Gasteiger charge is 2.17. The van der Waals surface area contributed by atoms with Crippen molar-refractivity contribution in [3.05, 3.63) is 23.4 Å². The third-order valence-electron chi connectivity index (χ3n) is 2.04. The zero-order valence-corrected chi connectivity index (χ0v) is 10.8. The second-order valence-electron chi connectivity index (χ2n) is 3.43. The van der Waals surface area contributed by atoms with Gasteiger partial charge in [0.25, 0.3) is 10.0 Å². The zero-order valence-electron chi connectivity index (χ0n) is 9.20. The number of hydrogen-bond acceptors (Lipinski definition) is 5. The molecular formula is C9H12N4O2S2. The van der Waals surface area contributed by atoms with Crippen molar-refractivity contribution in [2.45, 2.75) is 24.9 Å². The highest BCUT2D eigenvalue weighted by Crippen LogP contribution is 2.14. The van der Waals surface area contributed by atoms with Crippen LogP contribution in [-0.2, 0) is 16.6 Å².